The van der Waals surface area contributed by atoms with Crippen molar-refractivity contribution in [2.45, 2.75) is 68.8 Å². The first-order valence-corrected chi connectivity index (χ1v) is 9.20. The number of aliphatic hydroxyl groups excluding tert-OH is 1. The van der Waals surface area contributed by atoms with E-state index in [4.69, 9.17) is 4.52 Å². The van der Waals surface area contributed by atoms with E-state index in [9.17, 15) is 14.1 Å². The molecule has 1 unspecified atom stereocenters. The molecule has 0 radical (unpaired) electrons. The summed E-state index contributed by atoms with van der Waals surface area (Å²) in [6.45, 7) is 6.95. The van der Waals surface area contributed by atoms with Gasteiger partial charge >= 0.3 is 0 Å². The van der Waals surface area contributed by atoms with Crippen molar-refractivity contribution in [3.05, 3.63) is 11.8 Å². The minimum atomic E-state index is -1.23. The van der Waals surface area contributed by atoms with Gasteiger partial charge in [0.1, 0.15) is 10.5 Å². The summed E-state index contributed by atoms with van der Waals surface area (Å²) in [5, 5.41) is 15.9. The molecule has 23 heavy (non-hydrogen) atoms. The zero-order valence-corrected chi connectivity index (χ0v) is 15.0. The van der Waals surface area contributed by atoms with E-state index in [0.29, 0.717) is 5.76 Å². The highest BCUT2D eigenvalue weighted by Gasteiger charge is 2.40. The molecule has 1 aromatic rings. The normalized spacial score (nSPS) is 18.1. The number of carbonyl (C=O) groups excluding carboxylic acids is 1. The minimum absolute atomic E-state index is 0.0905. The summed E-state index contributed by atoms with van der Waals surface area (Å²) in [4.78, 5) is 12.5. The number of carbonyl (C=O) groups is 1. The zero-order valence-electron chi connectivity index (χ0n) is 14.2. The van der Waals surface area contributed by atoms with Crippen molar-refractivity contribution >= 4 is 22.5 Å². The molecule has 1 amide bonds. The van der Waals surface area contributed by atoms with Gasteiger partial charge in [0.15, 0.2) is 5.82 Å². The van der Waals surface area contributed by atoms with E-state index in [1.165, 1.54) is 0 Å². The quantitative estimate of drug-likeness (QED) is 0.828. The van der Waals surface area contributed by atoms with Crippen LogP contribution in [-0.2, 0) is 21.0 Å². The third-order valence-corrected chi connectivity index (χ3v) is 6.74. The van der Waals surface area contributed by atoms with Gasteiger partial charge in [-0.3, -0.25) is 9.00 Å². The summed E-state index contributed by atoms with van der Waals surface area (Å²) >= 11 is 0. The van der Waals surface area contributed by atoms with Crippen LogP contribution in [0.1, 0.15) is 59.1 Å². The average Bonchev–Trinajstić information content (AvgIpc) is 3.17. The number of anilines is 1. The van der Waals surface area contributed by atoms with Crippen molar-refractivity contribution in [2.75, 3.05) is 11.9 Å². The van der Waals surface area contributed by atoms with Crippen molar-refractivity contribution in [3.8, 4) is 0 Å². The number of hydrogen-bond acceptors (Lipinski definition) is 5. The molecule has 1 atom stereocenters. The molecule has 2 rings (SSSR count). The lowest BCUT2D eigenvalue weighted by Gasteiger charge is -2.25. The van der Waals surface area contributed by atoms with Gasteiger partial charge in [0.25, 0.3) is 0 Å². The van der Waals surface area contributed by atoms with Gasteiger partial charge in [-0.05, 0) is 26.7 Å². The lowest BCUT2D eigenvalue weighted by molar-refractivity contribution is -0.117. The molecule has 1 aliphatic carbocycles. The number of aliphatic hydroxyl groups is 1. The van der Waals surface area contributed by atoms with Crippen molar-refractivity contribution in [1.29, 1.82) is 0 Å². The van der Waals surface area contributed by atoms with Crippen LogP contribution >= 0.6 is 0 Å². The van der Waals surface area contributed by atoms with Gasteiger partial charge in [-0.25, -0.2) is 0 Å². The number of nitrogens with zero attached hydrogens (tertiary/aromatic N) is 1. The van der Waals surface area contributed by atoms with Crippen LogP contribution in [0, 0.1) is 0 Å². The summed E-state index contributed by atoms with van der Waals surface area (Å²) < 4.78 is 16.9. The number of rotatable bonds is 6. The zero-order chi connectivity index (χ0) is 17.3. The smallest absolute Gasteiger partial charge is 0.243 e. The first kappa shape index (κ1) is 18.1. The Hall–Kier alpha value is -1.21. The molecule has 0 bridgehead atoms. The Morgan fingerprint density at radius 2 is 2.00 bits per heavy atom. The number of amides is 1. The second kappa shape index (κ2) is 6.73. The third-order valence-electron chi connectivity index (χ3n) is 4.47. The van der Waals surface area contributed by atoms with Crippen molar-refractivity contribution < 1.29 is 18.6 Å². The molecule has 130 valence electrons. The van der Waals surface area contributed by atoms with E-state index in [1.807, 2.05) is 13.8 Å². The molecule has 2 N–H and O–H groups in total. The SMILES string of the molecule is CC(C)(CO)c1cc(NC(=O)C(C)(C)S(=O)C2CCCC2)no1. The maximum atomic E-state index is 12.7. The van der Waals surface area contributed by atoms with Crippen LogP contribution < -0.4 is 5.32 Å². The number of hydrogen-bond donors (Lipinski definition) is 2. The van der Waals surface area contributed by atoms with Crippen LogP contribution in [0.15, 0.2) is 10.6 Å². The van der Waals surface area contributed by atoms with Crippen molar-refractivity contribution in [2.24, 2.45) is 0 Å². The highest BCUT2D eigenvalue weighted by Crippen LogP contribution is 2.30. The Kier molecular flexibility index (Phi) is 5.30. The van der Waals surface area contributed by atoms with E-state index in [1.54, 1.807) is 19.9 Å². The van der Waals surface area contributed by atoms with Gasteiger partial charge in [-0.2, -0.15) is 0 Å². The van der Waals surface area contributed by atoms with Gasteiger partial charge in [0, 0.05) is 27.5 Å². The Morgan fingerprint density at radius 1 is 1.39 bits per heavy atom. The van der Waals surface area contributed by atoms with Gasteiger partial charge in [-0.1, -0.05) is 31.8 Å². The highest BCUT2D eigenvalue weighted by atomic mass is 32.2. The summed E-state index contributed by atoms with van der Waals surface area (Å²) in [5.74, 6) is 0.442. The monoisotopic (exact) mass is 342 g/mol. The summed E-state index contributed by atoms with van der Waals surface area (Å²) in [7, 11) is -1.23. The molecule has 0 saturated heterocycles. The standard InChI is InChI=1S/C16H26N2O4S/c1-15(2,10-19)12-9-13(18-22-12)17-14(20)16(3,4)23(21)11-7-5-6-8-11/h9,11,19H,5-8,10H2,1-4H3,(H,17,18,20). The molecule has 6 nitrogen and oxygen atoms in total. The van der Waals surface area contributed by atoms with Gasteiger partial charge < -0.3 is 14.9 Å². The predicted octanol–water partition coefficient (Wildman–Crippen LogP) is 2.35. The second-order valence-electron chi connectivity index (χ2n) is 7.29. The molecule has 1 heterocycles. The molecule has 0 aliphatic heterocycles. The molecule has 0 aromatic carbocycles. The Morgan fingerprint density at radius 3 is 2.57 bits per heavy atom. The van der Waals surface area contributed by atoms with Crippen LogP contribution in [0.25, 0.3) is 0 Å². The Bertz CT molecular complexity index is 589. The van der Waals surface area contributed by atoms with E-state index < -0.39 is 21.0 Å². The first-order chi connectivity index (χ1) is 10.7. The summed E-state index contributed by atoms with van der Waals surface area (Å²) in [5.41, 5.74) is -0.571. The van der Waals surface area contributed by atoms with Crippen LogP contribution in [-0.4, -0.2) is 37.0 Å². The molecule has 1 saturated carbocycles. The van der Waals surface area contributed by atoms with Crippen molar-refractivity contribution in [1.82, 2.24) is 5.16 Å². The van der Waals surface area contributed by atoms with Gasteiger partial charge in [0.2, 0.25) is 5.91 Å². The lowest BCUT2D eigenvalue weighted by Crippen LogP contribution is -2.44. The topological polar surface area (TPSA) is 92.4 Å². The fraction of sp³-hybridized carbons (Fsp3) is 0.750. The molecule has 7 heteroatoms. The molecule has 0 spiro atoms. The fourth-order valence-corrected chi connectivity index (χ4v) is 4.44. The molecular formula is C16H26N2O4S. The largest absolute Gasteiger partial charge is 0.395 e. The van der Waals surface area contributed by atoms with Crippen molar-refractivity contribution in [3.63, 3.8) is 0 Å². The van der Waals surface area contributed by atoms with Crippen LogP contribution in [0.5, 0.6) is 0 Å². The van der Waals surface area contributed by atoms with Gasteiger partial charge in [0.05, 0.1) is 6.61 Å². The maximum absolute atomic E-state index is 12.7. The predicted molar refractivity (Wildman–Crippen MR) is 89.7 cm³/mol. The van der Waals surface area contributed by atoms with Gasteiger partial charge in [-0.15, -0.1) is 0 Å². The van der Waals surface area contributed by atoms with E-state index in [2.05, 4.69) is 10.5 Å². The van der Waals surface area contributed by atoms with E-state index >= 15 is 0 Å². The highest BCUT2D eigenvalue weighted by molar-refractivity contribution is 7.87. The number of aromatic nitrogens is 1. The van der Waals surface area contributed by atoms with Crippen LogP contribution in [0.4, 0.5) is 5.82 Å². The lowest BCUT2D eigenvalue weighted by atomic mass is 9.92. The summed E-state index contributed by atoms with van der Waals surface area (Å²) in [6.07, 6.45) is 4.00. The minimum Gasteiger partial charge on any atom is -0.395 e. The molecule has 1 aromatic heterocycles. The Labute approximate surface area is 139 Å². The molecule has 1 aliphatic rings. The van der Waals surface area contributed by atoms with Crippen LogP contribution in [0.3, 0.4) is 0 Å². The first-order valence-electron chi connectivity index (χ1n) is 7.98. The number of nitrogens with one attached hydrogen (secondary N) is 1. The van der Waals surface area contributed by atoms with E-state index in [0.717, 1.165) is 25.7 Å². The molecule has 1 fully saturated rings. The summed E-state index contributed by atoms with van der Waals surface area (Å²) in [6, 6.07) is 1.60. The average molecular weight is 342 g/mol. The maximum Gasteiger partial charge on any atom is 0.243 e. The van der Waals surface area contributed by atoms with Crippen LogP contribution in [0.2, 0.25) is 0 Å². The third kappa shape index (κ3) is 3.83. The molecular weight excluding hydrogens is 316 g/mol. The second-order valence-corrected chi connectivity index (χ2v) is 9.57. The Balaban J connectivity index is 2.07. The fourth-order valence-electron chi connectivity index (χ4n) is 2.61. The van der Waals surface area contributed by atoms with E-state index in [-0.39, 0.29) is 23.6 Å².